The Morgan fingerprint density at radius 3 is 2.54 bits per heavy atom. The topological polar surface area (TPSA) is 132 Å². The molecule has 5 fully saturated rings. The number of ether oxygens (including phenoxy) is 4. The Labute approximate surface area is 230 Å². The molecule has 0 aromatic rings. The van der Waals surface area contributed by atoms with E-state index in [0.29, 0.717) is 51.6 Å². The second-order valence-electron chi connectivity index (χ2n) is 13.5. The number of rotatable bonds is 5. The van der Waals surface area contributed by atoms with Gasteiger partial charge in [-0.3, -0.25) is 0 Å². The summed E-state index contributed by atoms with van der Waals surface area (Å²) < 4.78 is 22.9. The summed E-state index contributed by atoms with van der Waals surface area (Å²) in [6, 6.07) is 0. The lowest BCUT2D eigenvalue weighted by Crippen LogP contribution is -2.69. The highest BCUT2D eigenvalue weighted by Crippen LogP contribution is 2.70. The lowest BCUT2D eigenvalue weighted by molar-refractivity contribution is -0.287. The summed E-state index contributed by atoms with van der Waals surface area (Å²) in [6.45, 7) is 4.25. The van der Waals surface area contributed by atoms with Crippen LogP contribution in [0, 0.1) is 28.6 Å². The molecule has 0 amide bonds. The SMILES string of the molecule is CO[C@H]1C[C@H](O[C@H]2CC[C@]3(C=O)[C@H]4CC[C@]5(C)[C@@H](C6=CC(=O)OC6)CC[C@]5(O)[C@@H]4CC[C@]3(O)C2)O[C@H](C)[C@H]1O. The molecule has 0 unspecified atom stereocenters. The number of aliphatic hydroxyl groups is 3. The molecule has 6 rings (SSSR count). The van der Waals surface area contributed by atoms with Gasteiger partial charge in [-0.2, -0.15) is 0 Å². The van der Waals surface area contributed by atoms with Crippen molar-refractivity contribution in [1.82, 2.24) is 0 Å². The Bertz CT molecular complexity index is 1030. The number of cyclic esters (lactones) is 1. The number of hydrogen-bond donors (Lipinski definition) is 3. The van der Waals surface area contributed by atoms with E-state index < -0.39 is 40.5 Å². The molecular weight excluding hydrogens is 504 g/mol. The van der Waals surface area contributed by atoms with Gasteiger partial charge < -0.3 is 39.1 Å². The molecule has 39 heavy (non-hydrogen) atoms. The van der Waals surface area contributed by atoms with Gasteiger partial charge in [0.25, 0.3) is 0 Å². The quantitative estimate of drug-likeness (QED) is 0.269. The van der Waals surface area contributed by atoms with Gasteiger partial charge >= 0.3 is 5.97 Å². The van der Waals surface area contributed by atoms with Crippen molar-refractivity contribution in [2.24, 2.45) is 28.6 Å². The molecule has 2 aliphatic heterocycles. The predicted molar refractivity (Wildman–Crippen MR) is 138 cm³/mol. The zero-order chi connectivity index (χ0) is 27.8. The molecule has 4 aliphatic carbocycles. The Kier molecular flexibility index (Phi) is 6.84. The van der Waals surface area contributed by atoms with Crippen molar-refractivity contribution >= 4 is 12.3 Å². The number of fused-ring (bicyclic) bond motifs is 5. The molecule has 9 nitrogen and oxygen atoms in total. The van der Waals surface area contributed by atoms with Crippen molar-refractivity contribution in [3.05, 3.63) is 11.6 Å². The molecule has 218 valence electrons. The Hall–Kier alpha value is -1.36. The molecule has 0 bridgehead atoms. The van der Waals surface area contributed by atoms with Gasteiger partial charge in [0.1, 0.15) is 19.0 Å². The fraction of sp³-hybridized carbons (Fsp3) is 0.867. The highest BCUT2D eigenvalue weighted by atomic mass is 16.7. The van der Waals surface area contributed by atoms with Crippen LogP contribution in [-0.4, -0.2) is 83.2 Å². The third-order valence-corrected chi connectivity index (χ3v) is 12.1. The van der Waals surface area contributed by atoms with Crippen LogP contribution in [0.5, 0.6) is 0 Å². The van der Waals surface area contributed by atoms with E-state index >= 15 is 0 Å². The van der Waals surface area contributed by atoms with Crippen molar-refractivity contribution in [2.45, 2.75) is 120 Å². The first kappa shape index (κ1) is 27.8. The van der Waals surface area contributed by atoms with Crippen LogP contribution >= 0.6 is 0 Å². The third-order valence-electron chi connectivity index (χ3n) is 12.1. The van der Waals surface area contributed by atoms with Gasteiger partial charge in [-0.1, -0.05) is 6.92 Å². The average Bonchev–Trinajstić information content (AvgIpc) is 3.45. The molecule has 6 aliphatic rings. The van der Waals surface area contributed by atoms with E-state index in [4.69, 9.17) is 18.9 Å². The normalized spacial score (nSPS) is 53.3. The van der Waals surface area contributed by atoms with E-state index in [-0.39, 0.29) is 35.9 Å². The molecule has 0 radical (unpaired) electrons. The fourth-order valence-corrected chi connectivity index (χ4v) is 9.98. The Morgan fingerprint density at radius 2 is 1.85 bits per heavy atom. The second kappa shape index (κ2) is 9.60. The van der Waals surface area contributed by atoms with Gasteiger partial charge in [0.15, 0.2) is 6.29 Å². The van der Waals surface area contributed by atoms with Crippen LogP contribution in [0.3, 0.4) is 0 Å². The first-order valence-corrected chi connectivity index (χ1v) is 14.8. The number of methoxy groups -OCH3 is 1. The molecule has 2 heterocycles. The zero-order valence-electron chi connectivity index (χ0n) is 23.3. The van der Waals surface area contributed by atoms with Gasteiger partial charge in [-0.25, -0.2) is 4.79 Å². The molecule has 9 heteroatoms. The molecular formula is C30H44O9. The maximum atomic E-state index is 13.0. The lowest BCUT2D eigenvalue weighted by atomic mass is 9.41. The van der Waals surface area contributed by atoms with Crippen molar-refractivity contribution < 1.29 is 43.9 Å². The van der Waals surface area contributed by atoms with E-state index in [1.165, 1.54) is 0 Å². The molecule has 3 N–H and O–H groups in total. The highest BCUT2D eigenvalue weighted by molar-refractivity contribution is 5.85. The maximum absolute atomic E-state index is 13.0. The minimum absolute atomic E-state index is 0.0827. The molecule has 0 aromatic heterocycles. The zero-order valence-corrected chi connectivity index (χ0v) is 23.3. The monoisotopic (exact) mass is 548 g/mol. The van der Waals surface area contributed by atoms with Gasteiger partial charge in [0, 0.05) is 31.4 Å². The smallest absolute Gasteiger partial charge is 0.331 e. The molecule has 1 saturated heterocycles. The molecule has 4 saturated carbocycles. The highest BCUT2D eigenvalue weighted by Gasteiger charge is 2.71. The largest absolute Gasteiger partial charge is 0.458 e. The Morgan fingerprint density at radius 1 is 1.08 bits per heavy atom. The van der Waals surface area contributed by atoms with Gasteiger partial charge in [-0.05, 0) is 81.6 Å². The molecule has 12 atom stereocenters. The van der Waals surface area contributed by atoms with Gasteiger partial charge in [0.2, 0.25) is 0 Å². The summed E-state index contributed by atoms with van der Waals surface area (Å²) in [7, 11) is 1.57. The van der Waals surface area contributed by atoms with Crippen molar-refractivity contribution in [2.75, 3.05) is 13.7 Å². The van der Waals surface area contributed by atoms with Crippen molar-refractivity contribution in [3.8, 4) is 0 Å². The van der Waals surface area contributed by atoms with Crippen LogP contribution in [0.4, 0.5) is 0 Å². The number of carbonyl (C=O) groups excluding carboxylic acids is 2. The fourth-order valence-electron chi connectivity index (χ4n) is 9.98. The van der Waals surface area contributed by atoms with Crippen molar-refractivity contribution in [3.63, 3.8) is 0 Å². The number of aldehydes is 1. The van der Waals surface area contributed by atoms with E-state index in [1.54, 1.807) is 20.1 Å². The predicted octanol–water partition coefficient (Wildman–Crippen LogP) is 2.43. The van der Waals surface area contributed by atoms with Crippen LogP contribution in [-0.2, 0) is 28.5 Å². The number of carbonyl (C=O) groups is 2. The minimum atomic E-state index is -1.21. The standard InChI is InChI=1S/C30H44O9/c1-17-26(33)23(36-3)13-25(38-17)39-19-4-9-28(16-31)21-5-8-27(2)20(18-12-24(32)37-15-18)7-11-30(27,35)22(21)6-10-29(28,34)14-19/h12,16-17,19-23,25-26,33-35H,4-11,13-15H2,1-3H3/t17-,19+,20-,21+,22-,23+,25+,26-,27-,28+,29+,30+/m1/s1. The van der Waals surface area contributed by atoms with Crippen LogP contribution in [0.15, 0.2) is 11.6 Å². The van der Waals surface area contributed by atoms with E-state index in [0.717, 1.165) is 31.1 Å². The van der Waals surface area contributed by atoms with Crippen LogP contribution in [0.2, 0.25) is 0 Å². The molecule has 0 spiro atoms. The molecule has 0 aromatic carbocycles. The first-order valence-electron chi connectivity index (χ1n) is 14.8. The second-order valence-corrected chi connectivity index (χ2v) is 13.5. The number of aliphatic hydroxyl groups excluding tert-OH is 1. The van der Waals surface area contributed by atoms with Gasteiger partial charge in [-0.15, -0.1) is 0 Å². The lowest BCUT2D eigenvalue weighted by Gasteiger charge is -2.65. The summed E-state index contributed by atoms with van der Waals surface area (Å²) in [5, 5.41) is 34.8. The van der Waals surface area contributed by atoms with Crippen LogP contribution in [0.1, 0.15) is 78.1 Å². The summed E-state index contributed by atoms with van der Waals surface area (Å²) >= 11 is 0. The van der Waals surface area contributed by atoms with Crippen LogP contribution < -0.4 is 0 Å². The minimum Gasteiger partial charge on any atom is -0.458 e. The first-order chi connectivity index (χ1) is 18.5. The van der Waals surface area contributed by atoms with E-state index in [1.807, 2.05) is 0 Å². The van der Waals surface area contributed by atoms with Gasteiger partial charge in [0.05, 0.1) is 34.9 Å². The average molecular weight is 549 g/mol. The summed E-state index contributed by atoms with van der Waals surface area (Å²) in [5.41, 5.74) is -2.52. The number of hydrogen-bond acceptors (Lipinski definition) is 9. The number of esters is 1. The summed E-state index contributed by atoms with van der Waals surface area (Å²) in [5.74, 6) is -0.420. The van der Waals surface area contributed by atoms with Crippen LogP contribution in [0.25, 0.3) is 0 Å². The van der Waals surface area contributed by atoms with E-state index in [9.17, 15) is 24.9 Å². The summed E-state index contributed by atoms with van der Waals surface area (Å²) in [6.07, 6.45) is 6.10. The van der Waals surface area contributed by atoms with Crippen molar-refractivity contribution in [1.29, 1.82) is 0 Å². The van der Waals surface area contributed by atoms with E-state index in [2.05, 4.69) is 6.92 Å². The summed E-state index contributed by atoms with van der Waals surface area (Å²) in [4.78, 5) is 24.8. The maximum Gasteiger partial charge on any atom is 0.331 e. The third kappa shape index (κ3) is 3.94. The Balaban J connectivity index is 1.21.